The summed E-state index contributed by atoms with van der Waals surface area (Å²) < 4.78 is 0. The maximum Gasteiger partial charge on any atom is 0.0791 e. The lowest BCUT2D eigenvalue weighted by Gasteiger charge is -2.30. The molecule has 0 rings (SSSR count). The summed E-state index contributed by atoms with van der Waals surface area (Å²) in [5.41, 5.74) is 0.0778. The van der Waals surface area contributed by atoms with Gasteiger partial charge in [0, 0.05) is 24.7 Å². The van der Waals surface area contributed by atoms with Crippen LogP contribution in [0, 0.1) is 0 Å². The Hall–Kier alpha value is -0.120. The fraction of sp³-hybridized carbons (Fsp3) is 1.00. The molecule has 0 amide bonds. The predicted octanol–water partition coefficient (Wildman–Crippen LogP) is 1.86. The maximum absolute atomic E-state index is 9.95. The molecule has 0 aliphatic carbocycles. The first-order valence-electron chi connectivity index (χ1n) is 6.43. The van der Waals surface area contributed by atoms with Crippen LogP contribution in [0.15, 0.2) is 0 Å². The molecule has 0 heterocycles. The maximum atomic E-state index is 9.95. The van der Waals surface area contributed by atoms with Crippen LogP contribution in [0.2, 0.25) is 0 Å². The second-order valence-corrected chi connectivity index (χ2v) is 5.87. The topological polar surface area (TPSA) is 35.5 Å². The number of rotatable bonds is 7. The first-order valence-corrected chi connectivity index (χ1v) is 6.43. The molecular formula is C13H30N2O. The third-order valence-corrected chi connectivity index (χ3v) is 2.55. The molecule has 98 valence electrons. The van der Waals surface area contributed by atoms with Crippen molar-refractivity contribution in [3.63, 3.8) is 0 Å². The van der Waals surface area contributed by atoms with E-state index < -0.39 is 0 Å². The van der Waals surface area contributed by atoms with Gasteiger partial charge in [0.05, 0.1) is 6.10 Å². The van der Waals surface area contributed by atoms with Gasteiger partial charge in [-0.1, -0.05) is 6.92 Å². The highest BCUT2D eigenvalue weighted by molar-refractivity contribution is 4.75. The first-order chi connectivity index (χ1) is 7.26. The molecule has 3 heteroatoms. The summed E-state index contributed by atoms with van der Waals surface area (Å²) in [7, 11) is 0. The average Bonchev–Trinajstić information content (AvgIpc) is 2.13. The van der Waals surface area contributed by atoms with Gasteiger partial charge in [-0.15, -0.1) is 0 Å². The lowest BCUT2D eigenvalue weighted by atomic mass is 10.1. The smallest absolute Gasteiger partial charge is 0.0791 e. The van der Waals surface area contributed by atoms with E-state index in [0.29, 0.717) is 12.6 Å². The number of β-amino-alcohol motifs (C(OH)–C–C–N with tert-alkyl or cyclic N) is 1. The van der Waals surface area contributed by atoms with Gasteiger partial charge >= 0.3 is 0 Å². The zero-order valence-corrected chi connectivity index (χ0v) is 11.9. The number of nitrogens with zero attached hydrogens (tertiary/aromatic N) is 1. The van der Waals surface area contributed by atoms with Crippen LogP contribution in [0.1, 0.15) is 48.0 Å². The van der Waals surface area contributed by atoms with Gasteiger partial charge in [0.25, 0.3) is 0 Å². The van der Waals surface area contributed by atoms with E-state index in [1.807, 2.05) is 0 Å². The van der Waals surface area contributed by atoms with Crippen LogP contribution in [0.4, 0.5) is 0 Å². The van der Waals surface area contributed by atoms with Crippen molar-refractivity contribution in [1.29, 1.82) is 0 Å². The summed E-state index contributed by atoms with van der Waals surface area (Å²) in [4.78, 5) is 2.33. The molecule has 0 aliphatic rings. The highest BCUT2D eigenvalue weighted by Gasteiger charge is 2.16. The zero-order valence-electron chi connectivity index (χ0n) is 11.9. The first kappa shape index (κ1) is 15.9. The van der Waals surface area contributed by atoms with Crippen molar-refractivity contribution in [2.45, 2.75) is 65.6 Å². The monoisotopic (exact) mass is 230 g/mol. The van der Waals surface area contributed by atoms with Gasteiger partial charge in [-0.05, 0) is 47.6 Å². The van der Waals surface area contributed by atoms with Gasteiger partial charge in [0.2, 0.25) is 0 Å². The van der Waals surface area contributed by atoms with Crippen LogP contribution in [-0.2, 0) is 0 Å². The quantitative estimate of drug-likeness (QED) is 0.701. The Morgan fingerprint density at radius 1 is 1.25 bits per heavy atom. The van der Waals surface area contributed by atoms with Crippen molar-refractivity contribution in [1.82, 2.24) is 10.2 Å². The van der Waals surface area contributed by atoms with Crippen LogP contribution in [0.5, 0.6) is 0 Å². The molecule has 3 nitrogen and oxygen atoms in total. The van der Waals surface area contributed by atoms with E-state index in [1.165, 1.54) is 0 Å². The summed E-state index contributed by atoms with van der Waals surface area (Å²) in [5.74, 6) is 0. The molecule has 2 N–H and O–H groups in total. The summed E-state index contributed by atoms with van der Waals surface area (Å²) in [6.45, 7) is 15.4. The van der Waals surface area contributed by atoms with Crippen molar-refractivity contribution in [3.05, 3.63) is 0 Å². The fourth-order valence-electron chi connectivity index (χ4n) is 1.61. The minimum atomic E-state index is -0.284. The Morgan fingerprint density at radius 3 is 2.19 bits per heavy atom. The van der Waals surface area contributed by atoms with E-state index in [9.17, 15) is 5.11 Å². The molecule has 0 saturated carbocycles. The standard InChI is InChI=1S/C13H30N2O/c1-7-8-15(11(2)3)10-12(16)9-14-13(4,5)6/h11-12,14,16H,7-10H2,1-6H3. The van der Waals surface area contributed by atoms with Crippen molar-refractivity contribution >= 4 is 0 Å². The minimum absolute atomic E-state index is 0.0778. The number of aliphatic hydroxyl groups is 1. The SMILES string of the molecule is CCCN(CC(O)CNC(C)(C)C)C(C)C. The van der Waals surface area contributed by atoms with Gasteiger partial charge in [-0.3, -0.25) is 4.90 Å². The third-order valence-electron chi connectivity index (χ3n) is 2.55. The van der Waals surface area contributed by atoms with Crippen LogP contribution in [0.25, 0.3) is 0 Å². The molecule has 0 aliphatic heterocycles. The van der Waals surface area contributed by atoms with Crippen molar-refractivity contribution < 1.29 is 5.11 Å². The minimum Gasteiger partial charge on any atom is -0.390 e. The summed E-state index contributed by atoms with van der Waals surface area (Å²) in [6.07, 6.45) is 0.852. The lowest BCUT2D eigenvalue weighted by Crippen LogP contribution is -2.46. The van der Waals surface area contributed by atoms with E-state index >= 15 is 0 Å². The Bertz CT molecular complexity index is 175. The van der Waals surface area contributed by atoms with Crippen LogP contribution < -0.4 is 5.32 Å². The predicted molar refractivity (Wildman–Crippen MR) is 70.8 cm³/mol. The normalized spacial score (nSPS) is 14.8. The molecule has 0 aromatic rings. The van der Waals surface area contributed by atoms with Gasteiger partial charge in [0.1, 0.15) is 0 Å². The highest BCUT2D eigenvalue weighted by atomic mass is 16.3. The van der Waals surface area contributed by atoms with Gasteiger partial charge < -0.3 is 10.4 Å². The molecule has 1 atom stereocenters. The largest absolute Gasteiger partial charge is 0.390 e. The average molecular weight is 230 g/mol. The zero-order chi connectivity index (χ0) is 12.8. The van der Waals surface area contributed by atoms with Crippen molar-refractivity contribution in [2.24, 2.45) is 0 Å². The van der Waals surface area contributed by atoms with E-state index in [2.05, 4.69) is 51.8 Å². The Morgan fingerprint density at radius 2 is 1.81 bits per heavy atom. The van der Waals surface area contributed by atoms with Crippen molar-refractivity contribution in [3.8, 4) is 0 Å². The van der Waals surface area contributed by atoms with E-state index in [-0.39, 0.29) is 11.6 Å². The van der Waals surface area contributed by atoms with Gasteiger partial charge in [-0.2, -0.15) is 0 Å². The molecule has 0 bridgehead atoms. The molecule has 0 aromatic heterocycles. The van der Waals surface area contributed by atoms with Gasteiger partial charge in [-0.25, -0.2) is 0 Å². The Labute approximate surface area is 101 Å². The summed E-state index contributed by atoms with van der Waals surface area (Å²) in [5, 5.41) is 13.3. The van der Waals surface area contributed by atoms with E-state index in [4.69, 9.17) is 0 Å². The number of aliphatic hydroxyl groups excluding tert-OH is 1. The van der Waals surface area contributed by atoms with Crippen LogP contribution in [-0.4, -0.2) is 47.3 Å². The second kappa shape index (κ2) is 7.25. The van der Waals surface area contributed by atoms with Crippen molar-refractivity contribution in [2.75, 3.05) is 19.6 Å². The fourth-order valence-corrected chi connectivity index (χ4v) is 1.61. The number of hydrogen-bond donors (Lipinski definition) is 2. The molecule has 0 spiro atoms. The number of nitrogens with one attached hydrogen (secondary N) is 1. The molecule has 1 unspecified atom stereocenters. The molecule has 0 saturated heterocycles. The Kier molecular flexibility index (Phi) is 7.20. The third kappa shape index (κ3) is 8.08. The Balaban J connectivity index is 3.95. The second-order valence-electron chi connectivity index (χ2n) is 5.87. The molecule has 0 fully saturated rings. The molecular weight excluding hydrogens is 200 g/mol. The lowest BCUT2D eigenvalue weighted by molar-refractivity contribution is 0.0896. The van der Waals surface area contributed by atoms with E-state index in [0.717, 1.165) is 19.5 Å². The molecule has 0 radical (unpaired) electrons. The number of hydrogen-bond acceptors (Lipinski definition) is 3. The summed E-state index contributed by atoms with van der Waals surface area (Å²) >= 11 is 0. The van der Waals surface area contributed by atoms with Gasteiger partial charge in [0.15, 0.2) is 0 Å². The highest BCUT2D eigenvalue weighted by Crippen LogP contribution is 2.03. The van der Waals surface area contributed by atoms with Crippen LogP contribution in [0.3, 0.4) is 0 Å². The summed E-state index contributed by atoms with van der Waals surface area (Å²) in [6, 6.07) is 0.504. The molecule has 0 aromatic carbocycles. The van der Waals surface area contributed by atoms with E-state index in [1.54, 1.807) is 0 Å². The molecule has 16 heavy (non-hydrogen) atoms. The van der Waals surface area contributed by atoms with Crippen LogP contribution >= 0.6 is 0 Å².